The lowest BCUT2D eigenvalue weighted by Crippen LogP contribution is -2.24. The van der Waals surface area contributed by atoms with Gasteiger partial charge >= 0.3 is 5.88 Å². The van der Waals surface area contributed by atoms with Crippen LogP contribution in [-0.2, 0) is 0 Å². The van der Waals surface area contributed by atoms with Crippen LogP contribution in [0.25, 0.3) is 11.6 Å². The maximum atomic E-state index is 10.7. The molecule has 1 aromatic carbocycles. The van der Waals surface area contributed by atoms with Crippen molar-refractivity contribution in [1.82, 2.24) is 5.43 Å². The van der Waals surface area contributed by atoms with E-state index in [4.69, 9.17) is 21.8 Å². The molecule has 1 heterocycles. The van der Waals surface area contributed by atoms with Gasteiger partial charge in [0.2, 0.25) is 0 Å². The van der Waals surface area contributed by atoms with Gasteiger partial charge in [0.1, 0.15) is 10.7 Å². The van der Waals surface area contributed by atoms with E-state index in [9.17, 15) is 10.1 Å². The van der Waals surface area contributed by atoms with Gasteiger partial charge in [0, 0.05) is 16.2 Å². The fraction of sp³-hybridized carbons (Fsp3) is 0. The number of rotatable bonds is 5. The third-order valence-corrected chi connectivity index (χ3v) is 3.07. The van der Waals surface area contributed by atoms with Crippen molar-refractivity contribution in [1.29, 1.82) is 0 Å². The SMILES string of the molecule is NC(=S)NN=CC(=Cc1ccc([N+](=O)[O-])o1)c1ccccc1Cl. The average molecular weight is 351 g/mol. The quantitative estimate of drug-likeness (QED) is 0.371. The van der Waals surface area contributed by atoms with Crippen LogP contribution in [0.4, 0.5) is 5.88 Å². The Morgan fingerprint density at radius 2 is 2.13 bits per heavy atom. The minimum Gasteiger partial charge on any atom is -0.401 e. The molecule has 9 heteroatoms. The third kappa shape index (κ3) is 4.63. The normalized spacial score (nSPS) is 11.6. The molecule has 7 nitrogen and oxygen atoms in total. The minimum atomic E-state index is -0.616. The summed E-state index contributed by atoms with van der Waals surface area (Å²) in [5, 5.41) is 15.1. The summed E-state index contributed by atoms with van der Waals surface area (Å²) in [4.78, 5) is 10.1. The number of hydrazone groups is 1. The maximum Gasteiger partial charge on any atom is 0.433 e. The number of benzene rings is 1. The zero-order valence-electron chi connectivity index (χ0n) is 11.6. The number of hydrogen-bond donors (Lipinski definition) is 2. The first-order valence-corrected chi connectivity index (χ1v) is 7.05. The number of thiocarbonyl (C=S) groups is 1. The lowest BCUT2D eigenvalue weighted by Gasteiger charge is -2.04. The van der Waals surface area contributed by atoms with E-state index in [0.29, 0.717) is 16.2 Å². The zero-order chi connectivity index (χ0) is 16.8. The smallest absolute Gasteiger partial charge is 0.401 e. The molecule has 0 aliphatic heterocycles. The van der Waals surface area contributed by atoms with Gasteiger partial charge < -0.3 is 10.2 Å². The van der Waals surface area contributed by atoms with Crippen LogP contribution in [0.1, 0.15) is 11.3 Å². The average Bonchev–Trinajstić information content (AvgIpc) is 2.95. The van der Waals surface area contributed by atoms with Gasteiger partial charge in [-0.15, -0.1) is 0 Å². The molecular weight excluding hydrogens is 340 g/mol. The second-order valence-electron chi connectivity index (χ2n) is 4.25. The van der Waals surface area contributed by atoms with Gasteiger partial charge in [-0.2, -0.15) is 5.10 Å². The highest BCUT2D eigenvalue weighted by Gasteiger charge is 2.12. The molecule has 0 unspecified atom stereocenters. The number of furan rings is 1. The number of halogens is 1. The van der Waals surface area contributed by atoms with Gasteiger partial charge in [0.05, 0.1) is 12.3 Å². The Hall–Kier alpha value is -2.71. The molecule has 0 aliphatic carbocycles. The first kappa shape index (κ1) is 16.7. The van der Waals surface area contributed by atoms with Gasteiger partial charge in [-0.3, -0.25) is 15.5 Å². The summed E-state index contributed by atoms with van der Waals surface area (Å²) in [7, 11) is 0. The van der Waals surface area contributed by atoms with Crippen molar-refractivity contribution >= 4 is 52.7 Å². The Kier molecular flexibility index (Phi) is 5.45. The summed E-state index contributed by atoms with van der Waals surface area (Å²) in [6, 6.07) is 9.81. The summed E-state index contributed by atoms with van der Waals surface area (Å²) in [5.74, 6) is -0.0682. The van der Waals surface area contributed by atoms with E-state index in [2.05, 4.69) is 22.7 Å². The van der Waals surface area contributed by atoms with Crippen molar-refractivity contribution in [2.24, 2.45) is 10.8 Å². The molecule has 2 aromatic rings. The van der Waals surface area contributed by atoms with E-state index in [1.54, 1.807) is 30.3 Å². The Morgan fingerprint density at radius 3 is 2.74 bits per heavy atom. The van der Waals surface area contributed by atoms with E-state index < -0.39 is 4.92 Å². The van der Waals surface area contributed by atoms with Gasteiger partial charge in [-0.25, -0.2) is 0 Å². The largest absolute Gasteiger partial charge is 0.433 e. The van der Waals surface area contributed by atoms with Gasteiger partial charge in [-0.1, -0.05) is 29.8 Å². The summed E-state index contributed by atoms with van der Waals surface area (Å²) in [5.41, 5.74) is 8.96. The Morgan fingerprint density at radius 1 is 1.39 bits per heavy atom. The minimum absolute atomic E-state index is 0.00777. The Bertz CT molecular complexity index is 801. The predicted molar refractivity (Wildman–Crippen MR) is 93.1 cm³/mol. The van der Waals surface area contributed by atoms with Crippen molar-refractivity contribution in [2.45, 2.75) is 0 Å². The standard InChI is InChI=1S/C14H11ClN4O3S/c15-12-4-2-1-3-11(12)9(8-17-18-14(16)23)7-10-5-6-13(22-10)19(20)21/h1-8H,(H3,16,18,23). The van der Waals surface area contributed by atoms with Crippen molar-refractivity contribution in [3.8, 4) is 0 Å². The van der Waals surface area contributed by atoms with E-state index in [1.165, 1.54) is 18.3 Å². The highest BCUT2D eigenvalue weighted by atomic mass is 35.5. The van der Waals surface area contributed by atoms with Crippen molar-refractivity contribution in [3.63, 3.8) is 0 Å². The highest BCUT2D eigenvalue weighted by Crippen LogP contribution is 2.26. The molecule has 2 rings (SSSR count). The molecule has 0 radical (unpaired) electrons. The predicted octanol–water partition coefficient (Wildman–Crippen LogP) is 3.20. The molecule has 0 fully saturated rings. The third-order valence-electron chi connectivity index (χ3n) is 2.65. The second-order valence-corrected chi connectivity index (χ2v) is 5.09. The van der Waals surface area contributed by atoms with Crippen LogP contribution in [0.5, 0.6) is 0 Å². The number of nitrogens with one attached hydrogen (secondary N) is 1. The lowest BCUT2D eigenvalue weighted by molar-refractivity contribution is -0.402. The van der Waals surface area contributed by atoms with E-state index in [0.717, 1.165) is 0 Å². The molecule has 0 amide bonds. The molecular formula is C14H11ClN4O3S. The summed E-state index contributed by atoms with van der Waals surface area (Å²) >= 11 is 10.8. The van der Waals surface area contributed by atoms with Crippen LogP contribution in [0.2, 0.25) is 5.02 Å². The summed E-state index contributed by atoms with van der Waals surface area (Å²) in [6.45, 7) is 0. The highest BCUT2D eigenvalue weighted by molar-refractivity contribution is 7.80. The molecule has 0 saturated heterocycles. The summed E-state index contributed by atoms with van der Waals surface area (Å²) in [6.07, 6.45) is 3.01. The second kappa shape index (κ2) is 7.52. The number of allylic oxidation sites excluding steroid dienone is 1. The molecule has 1 aromatic heterocycles. The van der Waals surface area contributed by atoms with Crippen molar-refractivity contribution < 1.29 is 9.34 Å². The van der Waals surface area contributed by atoms with Crippen LogP contribution in [0, 0.1) is 10.1 Å². The van der Waals surface area contributed by atoms with Crippen LogP contribution in [-0.4, -0.2) is 16.3 Å². The molecule has 3 N–H and O–H groups in total. The first-order valence-electron chi connectivity index (χ1n) is 6.26. The molecule has 0 atom stereocenters. The first-order chi connectivity index (χ1) is 11.0. The van der Waals surface area contributed by atoms with Crippen molar-refractivity contribution in [2.75, 3.05) is 0 Å². The number of nitro groups is 1. The van der Waals surface area contributed by atoms with Crippen LogP contribution in [0.3, 0.4) is 0 Å². The number of nitrogens with zero attached hydrogens (tertiary/aromatic N) is 2. The summed E-state index contributed by atoms with van der Waals surface area (Å²) < 4.78 is 5.11. The van der Waals surface area contributed by atoms with E-state index in [-0.39, 0.29) is 16.8 Å². The number of hydrogen-bond acceptors (Lipinski definition) is 5. The molecule has 0 saturated carbocycles. The molecule has 0 aliphatic rings. The van der Waals surface area contributed by atoms with E-state index >= 15 is 0 Å². The van der Waals surface area contributed by atoms with Gasteiger partial charge in [0.15, 0.2) is 5.11 Å². The Labute approximate surface area is 141 Å². The van der Waals surface area contributed by atoms with Crippen molar-refractivity contribution in [3.05, 3.63) is 62.9 Å². The van der Waals surface area contributed by atoms with Crippen LogP contribution in [0.15, 0.2) is 45.9 Å². The fourth-order valence-electron chi connectivity index (χ4n) is 1.72. The topological polar surface area (TPSA) is 107 Å². The molecule has 0 spiro atoms. The maximum absolute atomic E-state index is 10.7. The molecule has 118 valence electrons. The van der Waals surface area contributed by atoms with Crippen LogP contribution < -0.4 is 11.2 Å². The van der Waals surface area contributed by atoms with Crippen LogP contribution >= 0.6 is 23.8 Å². The fourth-order valence-corrected chi connectivity index (χ4v) is 2.01. The van der Waals surface area contributed by atoms with E-state index in [1.807, 2.05) is 0 Å². The monoisotopic (exact) mass is 350 g/mol. The Balaban J connectivity index is 2.41. The molecule has 23 heavy (non-hydrogen) atoms. The zero-order valence-corrected chi connectivity index (χ0v) is 13.2. The lowest BCUT2D eigenvalue weighted by atomic mass is 10.1. The van der Waals surface area contributed by atoms with Gasteiger partial charge in [-0.05, 0) is 30.4 Å². The molecule has 0 bridgehead atoms. The van der Waals surface area contributed by atoms with Gasteiger partial charge in [0.25, 0.3) is 0 Å². The number of nitrogens with two attached hydrogens (primary N) is 1.